The van der Waals surface area contributed by atoms with Crippen LogP contribution in [0.3, 0.4) is 0 Å². The second kappa shape index (κ2) is 8.49. The largest absolute Gasteiger partial charge is 0.375 e. The topological polar surface area (TPSA) is 31.0 Å². The number of allylic oxidation sites excluding steroid dienone is 1. The van der Waals surface area contributed by atoms with Crippen molar-refractivity contribution in [1.82, 2.24) is 0 Å². The van der Waals surface area contributed by atoms with Gasteiger partial charge in [-0.15, -0.1) is 0 Å². The van der Waals surface area contributed by atoms with Crippen molar-refractivity contribution in [3.63, 3.8) is 0 Å². The highest BCUT2D eigenvalue weighted by molar-refractivity contribution is 6.55. The van der Waals surface area contributed by atoms with Gasteiger partial charge in [-0.3, -0.25) is 0 Å². The van der Waals surface area contributed by atoms with E-state index in [0.29, 0.717) is 28.8 Å². The van der Waals surface area contributed by atoms with Crippen molar-refractivity contribution >= 4 is 14.7 Å². The highest BCUT2D eigenvalue weighted by Crippen LogP contribution is 2.10. The van der Waals surface area contributed by atoms with E-state index in [1.807, 2.05) is 13.0 Å². The second-order valence-corrected chi connectivity index (χ2v) is 7.04. The molecule has 1 heterocycles. The van der Waals surface area contributed by atoms with Gasteiger partial charge in [-0.2, -0.15) is 0 Å². The van der Waals surface area contributed by atoms with E-state index in [1.54, 1.807) is 0 Å². The zero-order valence-electron chi connectivity index (χ0n) is 13.0. The molecule has 3 unspecified atom stereocenters. The zero-order chi connectivity index (χ0) is 15.1. The quantitative estimate of drug-likeness (QED) is 0.398. The predicted molar refractivity (Wildman–Crippen MR) is 86.2 cm³/mol. The molecule has 4 heteroatoms. The summed E-state index contributed by atoms with van der Waals surface area (Å²) in [6.45, 7) is 8.39. The van der Waals surface area contributed by atoms with Crippen LogP contribution in [0.25, 0.3) is 0 Å². The Hall–Kier alpha value is -0.943. The minimum absolute atomic E-state index is 0.0998. The van der Waals surface area contributed by atoms with Crippen LogP contribution >= 0.6 is 0 Å². The van der Waals surface area contributed by atoms with E-state index in [-0.39, 0.29) is 11.8 Å². The molecule has 114 valence electrons. The van der Waals surface area contributed by atoms with Crippen LogP contribution in [0.4, 0.5) is 0 Å². The molecule has 21 heavy (non-hydrogen) atoms. The molecule has 1 aromatic carbocycles. The molecule has 0 spiro atoms. The fourth-order valence-corrected chi connectivity index (χ4v) is 3.17. The smallest absolute Gasteiger partial charge is 0.124 e. The molecule has 1 fully saturated rings. The van der Waals surface area contributed by atoms with Crippen molar-refractivity contribution in [2.45, 2.75) is 38.7 Å². The first-order chi connectivity index (χ1) is 10.1. The molecular formula is C17H24O3Si. The minimum atomic E-state index is 0.0998. The van der Waals surface area contributed by atoms with Crippen molar-refractivity contribution < 1.29 is 14.2 Å². The summed E-state index contributed by atoms with van der Waals surface area (Å²) in [4.78, 5) is 0. The first-order valence-corrected chi connectivity index (χ1v) is 8.52. The monoisotopic (exact) mass is 304 g/mol. The lowest BCUT2D eigenvalue weighted by molar-refractivity contribution is -0.0127. The molecule has 2 radical (unpaired) electrons. The van der Waals surface area contributed by atoms with Gasteiger partial charge in [-0.25, -0.2) is 0 Å². The maximum absolute atomic E-state index is 6.04. The number of hydrogen-bond donors (Lipinski definition) is 0. The summed E-state index contributed by atoms with van der Waals surface area (Å²) in [5.41, 5.74) is 1.41. The van der Waals surface area contributed by atoms with Gasteiger partial charge in [-0.05, 0) is 20.8 Å². The fourth-order valence-electron chi connectivity index (χ4n) is 1.86. The minimum Gasteiger partial charge on any atom is -0.375 e. The molecule has 1 aromatic rings. The standard InChI is InChI=1S/C17H24O3Si/c1-13(2)9-17(21-16-7-5-4-6-8-16)20-10-14(3)18-11-15-12-19-15/h4-9,14-15,17H,10-12H2,1-3H3. The lowest BCUT2D eigenvalue weighted by Crippen LogP contribution is -2.32. The van der Waals surface area contributed by atoms with Crippen LogP contribution in [0.5, 0.6) is 0 Å². The maximum atomic E-state index is 6.04. The third-order valence-electron chi connectivity index (χ3n) is 3.05. The summed E-state index contributed by atoms with van der Waals surface area (Å²) in [5.74, 6) is 0. The first-order valence-electron chi connectivity index (χ1n) is 7.45. The Kier molecular flexibility index (Phi) is 6.64. The average molecular weight is 304 g/mol. The Balaban J connectivity index is 1.79. The highest BCUT2D eigenvalue weighted by Gasteiger charge is 2.23. The van der Waals surface area contributed by atoms with Crippen LogP contribution in [-0.2, 0) is 14.2 Å². The number of rotatable bonds is 9. The Morgan fingerprint density at radius 3 is 2.67 bits per heavy atom. The van der Waals surface area contributed by atoms with Gasteiger partial charge in [0.05, 0.1) is 31.7 Å². The third kappa shape index (κ3) is 7.04. The van der Waals surface area contributed by atoms with E-state index in [9.17, 15) is 0 Å². The molecule has 2 rings (SSSR count). The van der Waals surface area contributed by atoms with E-state index in [0.717, 1.165) is 6.61 Å². The van der Waals surface area contributed by atoms with Crippen molar-refractivity contribution in [3.8, 4) is 0 Å². The molecule has 0 bridgehead atoms. The lowest BCUT2D eigenvalue weighted by atomic mass is 10.3. The molecular weight excluding hydrogens is 280 g/mol. The van der Waals surface area contributed by atoms with E-state index < -0.39 is 0 Å². The SMILES string of the molecule is CC(C)=CC(OCC(C)OCC1CO1)[Si]c1ccccc1. The van der Waals surface area contributed by atoms with Gasteiger partial charge in [0.2, 0.25) is 0 Å². The van der Waals surface area contributed by atoms with Gasteiger partial charge in [0.15, 0.2) is 0 Å². The molecule has 0 amide bonds. The summed E-state index contributed by atoms with van der Waals surface area (Å²) < 4.78 is 16.9. The van der Waals surface area contributed by atoms with Crippen LogP contribution in [0.15, 0.2) is 42.0 Å². The number of benzene rings is 1. The molecule has 0 saturated carbocycles. The molecule has 0 N–H and O–H groups in total. The predicted octanol–water partition coefficient (Wildman–Crippen LogP) is 2.13. The van der Waals surface area contributed by atoms with Gasteiger partial charge in [0.25, 0.3) is 0 Å². The average Bonchev–Trinajstić information content (AvgIpc) is 3.27. The Morgan fingerprint density at radius 1 is 1.33 bits per heavy atom. The molecule has 1 aliphatic heterocycles. The maximum Gasteiger partial charge on any atom is 0.124 e. The van der Waals surface area contributed by atoms with Gasteiger partial charge >= 0.3 is 0 Å². The molecule has 0 aliphatic carbocycles. The van der Waals surface area contributed by atoms with E-state index >= 15 is 0 Å². The molecule has 0 aromatic heterocycles. The van der Waals surface area contributed by atoms with Crippen molar-refractivity contribution in [2.24, 2.45) is 0 Å². The summed E-state index contributed by atoms with van der Waals surface area (Å²) in [5, 5.41) is 1.32. The summed E-state index contributed by atoms with van der Waals surface area (Å²) >= 11 is 0. The Bertz CT molecular complexity index is 439. The summed E-state index contributed by atoms with van der Waals surface area (Å²) in [6.07, 6.45) is 2.61. The summed E-state index contributed by atoms with van der Waals surface area (Å²) in [6, 6.07) is 10.5. The van der Waals surface area contributed by atoms with Crippen LogP contribution < -0.4 is 5.19 Å². The van der Waals surface area contributed by atoms with E-state index in [2.05, 4.69) is 44.2 Å². The van der Waals surface area contributed by atoms with E-state index in [4.69, 9.17) is 14.2 Å². The van der Waals surface area contributed by atoms with Crippen molar-refractivity contribution in [1.29, 1.82) is 0 Å². The number of epoxide rings is 1. The first kappa shape index (κ1) is 16.4. The molecule has 1 saturated heterocycles. The van der Waals surface area contributed by atoms with Crippen LogP contribution in [-0.4, -0.2) is 47.3 Å². The summed E-state index contributed by atoms with van der Waals surface area (Å²) in [7, 11) is 0.619. The normalized spacial score (nSPS) is 19.9. The van der Waals surface area contributed by atoms with Crippen molar-refractivity contribution in [2.75, 3.05) is 19.8 Å². The van der Waals surface area contributed by atoms with Crippen molar-refractivity contribution in [3.05, 3.63) is 42.0 Å². The molecule has 1 aliphatic rings. The highest BCUT2D eigenvalue weighted by atomic mass is 28.2. The van der Waals surface area contributed by atoms with Crippen LogP contribution in [0, 0.1) is 0 Å². The molecule has 3 nitrogen and oxygen atoms in total. The zero-order valence-corrected chi connectivity index (χ0v) is 14.0. The lowest BCUT2D eigenvalue weighted by Gasteiger charge is -2.18. The second-order valence-electron chi connectivity index (χ2n) is 5.61. The van der Waals surface area contributed by atoms with Gasteiger partial charge in [-0.1, -0.05) is 47.2 Å². The molecule has 3 atom stereocenters. The number of hydrogen-bond acceptors (Lipinski definition) is 3. The van der Waals surface area contributed by atoms with Gasteiger partial charge in [0.1, 0.15) is 15.6 Å². The van der Waals surface area contributed by atoms with Gasteiger partial charge < -0.3 is 14.2 Å². The number of ether oxygens (including phenoxy) is 3. The van der Waals surface area contributed by atoms with Crippen LogP contribution in [0.2, 0.25) is 0 Å². The Morgan fingerprint density at radius 2 is 2.05 bits per heavy atom. The van der Waals surface area contributed by atoms with E-state index in [1.165, 1.54) is 10.8 Å². The Labute approximate surface area is 130 Å². The van der Waals surface area contributed by atoms with Crippen LogP contribution in [0.1, 0.15) is 20.8 Å². The third-order valence-corrected chi connectivity index (χ3v) is 4.33. The fraction of sp³-hybridized carbons (Fsp3) is 0.529. The van der Waals surface area contributed by atoms with Gasteiger partial charge in [0, 0.05) is 0 Å².